The number of nitrogens with zero attached hydrogens (tertiary/aromatic N) is 1. The Kier molecular flexibility index (Phi) is 4.90. The summed E-state index contributed by atoms with van der Waals surface area (Å²) in [5.74, 6) is 0.173. The van der Waals surface area contributed by atoms with Gasteiger partial charge in [-0.05, 0) is 12.1 Å². The second kappa shape index (κ2) is 6.68. The smallest absolute Gasteiger partial charge is 0.311 e. The first-order chi connectivity index (χ1) is 10.5. The monoisotopic (exact) mass is 307 g/mol. The van der Waals surface area contributed by atoms with Gasteiger partial charge in [-0.25, -0.2) is 0 Å². The van der Waals surface area contributed by atoms with E-state index in [1.54, 1.807) is 32.1 Å². The van der Waals surface area contributed by atoms with Gasteiger partial charge in [-0.15, -0.1) is 0 Å². The average molecular weight is 307 g/mol. The summed E-state index contributed by atoms with van der Waals surface area (Å²) in [5, 5.41) is 0. The van der Waals surface area contributed by atoms with E-state index in [1.807, 2.05) is 12.1 Å². The SMILES string of the molecule is COC(=O)[C@@H]1CN(Cc2ccc(OC)cc2OC)C(=O)[C@H]1C. The van der Waals surface area contributed by atoms with E-state index in [4.69, 9.17) is 14.2 Å². The standard InChI is InChI=1S/C16H21NO5/c1-10-13(16(19)22-4)9-17(15(10)18)8-11-5-6-12(20-2)7-14(11)21-3/h5-7,10,13H,8-9H2,1-4H3/t10-,13+/m0/s1. The molecule has 0 bridgehead atoms. The summed E-state index contributed by atoms with van der Waals surface area (Å²) < 4.78 is 15.3. The van der Waals surface area contributed by atoms with E-state index in [0.717, 1.165) is 5.56 Å². The van der Waals surface area contributed by atoms with Crippen molar-refractivity contribution in [3.63, 3.8) is 0 Å². The lowest BCUT2D eigenvalue weighted by atomic mass is 9.98. The Labute approximate surface area is 129 Å². The molecule has 1 heterocycles. The number of ether oxygens (including phenoxy) is 3. The molecule has 0 unspecified atom stereocenters. The molecule has 6 nitrogen and oxygen atoms in total. The molecule has 2 atom stereocenters. The maximum Gasteiger partial charge on any atom is 0.311 e. The van der Waals surface area contributed by atoms with Crippen LogP contribution in [0.2, 0.25) is 0 Å². The molecular weight excluding hydrogens is 286 g/mol. The fourth-order valence-corrected chi connectivity index (χ4v) is 2.71. The minimum atomic E-state index is -0.415. The van der Waals surface area contributed by atoms with Crippen LogP contribution < -0.4 is 9.47 Å². The van der Waals surface area contributed by atoms with Crippen LogP contribution in [0, 0.1) is 11.8 Å². The number of amides is 1. The maximum atomic E-state index is 12.3. The van der Waals surface area contributed by atoms with Crippen molar-refractivity contribution in [3.8, 4) is 11.5 Å². The van der Waals surface area contributed by atoms with Crippen molar-refractivity contribution in [1.82, 2.24) is 4.90 Å². The molecule has 2 rings (SSSR count). The van der Waals surface area contributed by atoms with Crippen molar-refractivity contribution >= 4 is 11.9 Å². The van der Waals surface area contributed by atoms with Crippen LogP contribution in [0.1, 0.15) is 12.5 Å². The van der Waals surface area contributed by atoms with Crippen LogP contribution in [0.15, 0.2) is 18.2 Å². The Hall–Kier alpha value is -2.24. The van der Waals surface area contributed by atoms with Gasteiger partial charge in [-0.2, -0.15) is 0 Å². The lowest BCUT2D eigenvalue weighted by molar-refractivity contribution is -0.147. The Balaban J connectivity index is 2.17. The number of carbonyl (C=O) groups excluding carboxylic acids is 2. The van der Waals surface area contributed by atoms with Gasteiger partial charge in [0.25, 0.3) is 0 Å². The van der Waals surface area contributed by atoms with Crippen LogP contribution in [0.5, 0.6) is 11.5 Å². The molecule has 1 aromatic carbocycles. The first-order valence-corrected chi connectivity index (χ1v) is 7.09. The Morgan fingerprint density at radius 3 is 2.59 bits per heavy atom. The van der Waals surface area contributed by atoms with Crippen molar-refractivity contribution in [2.24, 2.45) is 11.8 Å². The molecular formula is C16H21NO5. The van der Waals surface area contributed by atoms with Crippen LogP contribution in [0.4, 0.5) is 0 Å². The Bertz CT molecular complexity index is 572. The molecule has 22 heavy (non-hydrogen) atoms. The highest BCUT2D eigenvalue weighted by atomic mass is 16.5. The first kappa shape index (κ1) is 16.1. The van der Waals surface area contributed by atoms with Crippen molar-refractivity contribution in [1.29, 1.82) is 0 Å². The summed E-state index contributed by atoms with van der Waals surface area (Å²) in [5.41, 5.74) is 0.870. The van der Waals surface area contributed by atoms with Gasteiger partial charge in [0, 0.05) is 24.7 Å². The fraction of sp³-hybridized carbons (Fsp3) is 0.500. The van der Waals surface area contributed by atoms with E-state index in [-0.39, 0.29) is 17.8 Å². The molecule has 1 amide bonds. The van der Waals surface area contributed by atoms with E-state index in [9.17, 15) is 9.59 Å². The zero-order chi connectivity index (χ0) is 16.3. The molecule has 1 aliphatic heterocycles. The van der Waals surface area contributed by atoms with E-state index in [0.29, 0.717) is 24.6 Å². The van der Waals surface area contributed by atoms with Gasteiger partial charge in [0.15, 0.2) is 0 Å². The minimum Gasteiger partial charge on any atom is -0.497 e. The number of rotatable bonds is 5. The summed E-state index contributed by atoms with van der Waals surface area (Å²) in [6, 6.07) is 5.46. The number of carbonyl (C=O) groups is 2. The number of likely N-dealkylation sites (tertiary alicyclic amines) is 1. The molecule has 1 fully saturated rings. The molecule has 0 spiro atoms. The molecule has 6 heteroatoms. The third-order valence-corrected chi connectivity index (χ3v) is 4.08. The predicted molar refractivity (Wildman–Crippen MR) is 79.6 cm³/mol. The molecule has 1 saturated heterocycles. The van der Waals surface area contributed by atoms with Crippen LogP contribution in [0.25, 0.3) is 0 Å². The van der Waals surface area contributed by atoms with E-state index < -0.39 is 5.92 Å². The number of hydrogen-bond acceptors (Lipinski definition) is 5. The zero-order valence-electron chi connectivity index (χ0n) is 13.3. The van der Waals surface area contributed by atoms with Crippen molar-refractivity contribution < 1.29 is 23.8 Å². The van der Waals surface area contributed by atoms with Crippen LogP contribution >= 0.6 is 0 Å². The Morgan fingerprint density at radius 2 is 2.00 bits per heavy atom. The van der Waals surface area contributed by atoms with Crippen LogP contribution in [0.3, 0.4) is 0 Å². The van der Waals surface area contributed by atoms with Gasteiger partial charge in [0.1, 0.15) is 11.5 Å². The molecule has 0 N–H and O–H groups in total. The van der Waals surface area contributed by atoms with E-state index >= 15 is 0 Å². The highest BCUT2D eigenvalue weighted by Gasteiger charge is 2.42. The van der Waals surface area contributed by atoms with Crippen LogP contribution in [-0.4, -0.2) is 44.7 Å². The number of methoxy groups -OCH3 is 3. The predicted octanol–water partition coefficient (Wildman–Crippen LogP) is 1.47. The summed E-state index contributed by atoms with van der Waals surface area (Å²) in [4.78, 5) is 25.7. The quantitative estimate of drug-likeness (QED) is 0.771. The van der Waals surface area contributed by atoms with Gasteiger partial charge >= 0.3 is 5.97 Å². The highest BCUT2D eigenvalue weighted by molar-refractivity contribution is 5.88. The van der Waals surface area contributed by atoms with Crippen molar-refractivity contribution in [3.05, 3.63) is 23.8 Å². The summed E-state index contributed by atoms with van der Waals surface area (Å²) in [6.45, 7) is 2.51. The van der Waals surface area contributed by atoms with Gasteiger partial charge < -0.3 is 19.1 Å². The number of esters is 1. The molecule has 1 aliphatic rings. The molecule has 0 saturated carbocycles. The number of benzene rings is 1. The lowest BCUT2D eigenvalue weighted by Gasteiger charge is -2.18. The van der Waals surface area contributed by atoms with Gasteiger partial charge in [-0.1, -0.05) is 6.92 Å². The Morgan fingerprint density at radius 1 is 1.27 bits per heavy atom. The van der Waals surface area contributed by atoms with Gasteiger partial charge in [0.2, 0.25) is 5.91 Å². The van der Waals surface area contributed by atoms with Crippen molar-refractivity contribution in [2.75, 3.05) is 27.9 Å². The van der Waals surface area contributed by atoms with Gasteiger partial charge in [0.05, 0.1) is 33.2 Å². The third-order valence-electron chi connectivity index (χ3n) is 4.08. The topological polar surface area (TPSA) is 65.1 Å². The van der Waals surface area contributed by atoms with Crippen LogP contribution in [-0.2, 0) is 20.9 Å². The fourth-order valence-electron chi connectivity index (χ4n) is 2.71. The second-order valence-electron chi connectivity index (χ2n) is 5.31. The normalized spacial score (nSPS) is 20.9. The molecule has 1 aromatic rings. The molecule has 0 aromatic heterocycles. The summed E-state index contributed by atoms with van der Waals surface area (Å²) in [7, 11) is 4.50. The molecule has 0 aliphatic carbocycles. The minimum absolute atomic E-state index is 0.0479. The molecule has 0 radical (unpaired) electrons. The van der Waals surface area contributed by atoms with E-state index in [2.05, 4.69) is 0 Å². The van der Waals surface area contributed by atoms with Crippen molar-refractivity contribution in [2.45, 2.75) is 13.5 Å². The summed E-state index contributed by atoms with van der Waals surface area (Å²) in [6.07, 6.45) is 0. The first-order valence-electron chi connectivity index (χ1n) is 7.09. The third kappa shape index (κ3) is 3.00. The second-order valence-corrected chi connectivity index (χ2v) is 5.31. The maximum absolute atomic E-state index is 12.3. The highest BCUT2D eigenvalue weighted by Crippen LogP contribution is 2.30. The number of hydrogen-bond donors (Lipinski definition) is 0. The molecule has 120 valence electrons. The van der Waals surface area contributed by atoms with Gasteiger partial charge in [-0.3, -0.25) is 9.59 Å². The lowest BCUT2D eigenvalue weighted by Crippen LogP contribution is -2.26. The summed E-state index contributed by atoms with van der Waals surface area (Å²) >= 11 is 0. The average Bonchev–Trinajstić information content (AvgIpc) is 2.83. The zero-order valence-corrected chi connectivity index (χ0v) is 13.3. The van der Waals surface area contributed by atoms with E-state index in [1.165, 1.54) is 7.11 Å². The largest absolute Gasteiger partial charge is 0.497 e.